The fourth-order valence-electron chi connectivity index (χ4n) is 4.68. The molecule has 166 valence electrons. The van der Waals surface area contributed by atoms with Gasteiger partial charge in [-0.05, 0) is 56.2 Å². The first kappa shape index (κ1) is 22.2. The molecule has 31 heavy (non-hydrogen) atoms. The van der Waals surface area contributed by atoms with Crippen LogP contribution in [0, 0.1) is 17.6 Å². The summed E-state index contributed by atoms with van der Waals surface area (Å²) >= 11 is 5.93. The van der Waals surface area contributed by atoms with Gasteiger partial charge in [-0.2, -0.15) is 0 Å². The largest absolute Gasteiger partial charge is 0.490 e. The summed E-state index contributed by atoms with van der Waals surface area (Å²) in [7, 11) is -4.23. The quantitative estimate of drug-likeness (QED) is 0.645. The monoisotopic (exact) mass is 470 g/mol. The predicted molar refractivity (Wildman–Crippen MR) is 110 cm³/mol. The fraction of sp³-hybridized carbons (Fsp3) is 0.409. The van der Waals surface area contributed by atoms with Crippen molar-refractivity contribution >= 4 is 27.2 Å². The molecule has 2 heterocycles. The van der Waals surface area contributed by atoms with Crippen LogP contribution < -0.4 is 4.74 Å². The number of fused-ring (bicyclic) bond motifs is 3. The molecule has 0 saturated carbocycles. The molecule has 4 rings (SSSR count). The Kier molecular flexibility index (Phi) is 5.83. The molecule has 2 aliphatic rings. The van der Waals surface area contributed by atoms with Crippen LogP contribution in [0.4, 0.5) is 8.78 Å². The molecule has 0 unspecified atom stereocenters. The second-order valence-corrected chi connectivity index (χ2v) is 10.5. The summed E-state index contributed by atoms with van der Waals surface area (Å²) in [5.41, 5.74) is -0.310. The lowest BCUT2D eigenvalue weighted by Crippen LogP contribution is -2.57. The summed E-state index contributed by atoms with van der Waals surface area (Å²) in [4.78, 5) is 11.5. The van der Waals surface area contributed by atoms with Gasteiger partial charge in [0.15, 0.2) is 21.4 Å². The number of benzene rings is 2. The molecule has 1 fully saturated rings. The number of hydrogen-bond donors (Lipinski definition) is 0. The van der Waals surface area contributed by atoms with E-state index >= 15 is 4.39 Å². The van der Waals surface area contributed by atoms with Crippen LogP contribution >= 0.6 is 11.6 Å². The highest BCUT2D eigenvalue weighted by Crippen LogP contribution is 2.56. The van der Waals surface area contributed by atoms with Crippen molar-refractivity contribution in [2.75, 3.05) is 13.2 Å². The van der Waals surface area contributed by atoms with Gasteiger partial charge in [0.2, 0.25) is 0 Å². The smallest absolute Gasteiger partial charge is 0.189 e. The van der Waals surface area contributed by atoms with Crippen molar-refractivity contribution in [3.05, 3.63) is 58.6 Å². The summed E-state index contributed by atoms with van der Waals surface area (Å²) in [5, 5.41) is 0.351. The summed E-state index contributed by atoms with van der Waals surface area (Å²) in [6.07, 6.45) is -0.310. The van der Waals surface area contributed by atoms with E-state index in [1.807, 2.05) is 0 Å². The first-order chi connectivity index (χ1) is 14.7. The number of sulfone groups is 1. The van der Waals surface area contributed by atoms with Gasteiger partial charge in [0.1, 0.15) is 16.3 Å². The van der Waals surface area contributed by atoms with Crippen molar-refractivity contribution in [1.82, 2.24) is 0 Å². The zero-order chi connectivity index (χ0) is 22.4. The van der Waals surface area contributed by atoms with E-state index in [2.05, 4.69) is 0 Å². The van der Waals surface area contributed by atoms with Crippen molar-refractivity contribution in [1.29, 1.82) is 0 Å². The standard InChI is InChI=1S/C22H21ClF2O5S/c1-13(26)2-9-19-16-12-30-21-18(25)8-7-17(24)20(21)22(16,10-11-29-19)31(27,28)15-5-3-14(23)4-6-15/h3-8,16,19H,2,9-12H2,1H3/t16-,19-,22-/m1/s1. The molecule has 0 amide bonds. The molecule has 9 heteroatoms. The highest BCUT2D eigenvalue weighted by molar-refractivity contribution is 7.92. The Morgan fingerprint density at radius 1 is 1.16 bits per heavy atom. The highest BCUT2D eigenvalue weighted by Gasteiger charge is 2.61. The Bertz CT molecular complexity index is 1120. The lowest BCUT2D eigenvalue weighted by molar-refractivity contribution is -0.119. The van der Waals surface area contributed by atoms with E-state index < -0.39 is 38.2 Å². The second kappa shape index (κ2) is 8.15. The average molecular weight is 471 g/mol. The number of carbonyl (C=O) groups excluding carboxylic acids is 1. The van der Waals surface area contributed by atoms with Crippen molar-refractivity contribution in [2.24, 2.45) is 5.92 Å². The van der Waals surface area contributed by atoms with Crippen LogP contribution in [0.5, 0.6) is 5.75 Å². The number of Topliss-reactive ketones (excluding diaryl/α,β-unsaturated/α-hetero) is 1. The Morgan fingerprint density at radius 3 is 2.52 bits per heavy atom. The van der Waals surface area contributed by atoms with E-state index in [0.29, 0.717) is 5.02 Å². The SMILES string of the molecule is CC(=O)CC[C@H]1OCC[C@]2(S(=O)(=O)c3ccc(Cl)cc3)c3c(F)ccc(F)c3OC[C@H]12. The van der Waals surface area contributed by atoms with Gasteiger partial charge in [0.25, 0.3) is 0 Å². The van der Waals surface area contributed by atoms with Crippen LogP contribution in [0.15, 0.2) is 41.3 Å². The van der Waals surface area contributed by atoms with E-state index in [9.17, 15) is 17.6 Å². The summed E-state index contributed by atoms with van der Waals surface area (Å²) < 4.78 is 67.5. The number of ketones is 1. The van der Waals surface area contributed by atoms with Crippen LogP contribution in [-0.4, -0.2) is 33.5 Å². The third-order valence-electron chi connectivity index (χ3n) is 6.13. The zero-order valence-corrected chi connectivity index (χ0v) is 18.3. The Balaban J connectivity index is 1.96. The van der Waals surface area contributed by atoms with Gasteiger partial charge in [-0.1, -0.05) is 11.6 Å². The maximum absolute atomic E-state index is 15.2. The number of rotatable bonds is 5. The number of halogens is 3. The fourth-order valence-corrected chi connectivity index (χ4v) is 7.15. The molecular formula is C22H21ClF2O5S. The topological polar surface area (TPSA) is 69.7 Å². The maximum atomic E-state index is 15.2. The summed E-state index contributed by atoms with van der Waals surface area (Å²) in [5.74, 6) is -2.97. The van der Waals surface area contributed by atoms with E-state index in [1.54, 1.807) is 0 Å². The minimum Gasteiger partial charge on any atom is -0.490 e. The predicted octanol–water partition coefficient (Wildman–Crippen LogP) is 4.45. The molecule has 0 spiro atoms. The first-order valence-corrected chi connectivity index (χ1v) is 11.8. The van der Waals surface area contributed by atoms with Gasteiger partial charge < -0.3 is 14.3 Å². The number of ether oxygens (including phenoxy) is 2. The van der Waals surface area contributed by atoms with Crippen molar-refractivity contribution in [2.45, 2.75) is 41.9 Å². The Labute approximate surface area is 184 Å². The molecule has 2 aromatic carbocycles. The highest BCUT2D eigenvalue weighted by atomic mass is 35.5. The second-order valence-electron chi connectivity index (χ2n) is 7.90. The minimum absolute atomic E-state index is 0.0152. The van der Waals surface area contributed by atoms with Gasteiger partial charge in [0, 0.05) is 24.0 Å². The molecule has 0 bridgehead atoms. The zero-order valence-electron chi connectivity index (χ0n) is 16.7. The summed E-state index contributed by atoms with van der Waals surface area (Å²) in [6, 6.07) is 7.43. The van der Waals surface area contributed by atoms with Crippen molar-refractivity contribution in [3.8, 4) is 5.75 Å². The molecule has 3 atom stereocenters. The number of hydrogen-bond acceptors (Lipinski definition) is 5. The van der Waals surface area contributed by atoms with E-state index in [4.69, 9.17) is 21.1 Å². The van der Waals surface area contributed by atoms with Gasteiger partial charge in [0.05, 0.1) is 23.2 Å². The molecular weight excluding hydrogens is 450 g/mol. The normalized spacial score (nSPS) is 25.3. The molecule has 1 saturated heterocycles. The van der Waals surface area contributed by atoms with Gasteiger partial charge in [-0.15, -0.1) is 0 Å². The number of carbonyl (C=O) groups is 1. The maximum Gasteiger partial charge on any atom is 0.189 e. The molecule has 0 radical (unpaired) electrons. The molecule has 5 nitrogen and oxygen atoms in total. The van der Waals surface area contributed by atoms with Crippen LogP contribution in [0.1, 0.15) is 31.7 Å². The summed E-state index contributed by atoms with van der Waals surface area (Å²) in [6.45, 7) is 1.27. The third-order valence-corrected chi connectivity index (χ3v) is 8.94. The lowest BCUT2D eigenvalue weighted by Gasteiger charge is -2.50. The molecule has 2 aromatic rings. The van der Waals surface area contributed by atoms with Crippen LogP contribution in [0.25, 0.3) is 0 Å². The Hall–Kier alpha value is -2.03. The van der Waals surface area contributed by atoms with Crippen LogP contribution in [0.2, 0.25) is 5.02 Å². The molecule has 0 aliphatic carbocycles. The van der Waals surface area contributed by atoms with E-state index in [0.717, 1.165) is 12.1 Å². The minimum atomic E-state index is -4.23. The van der Waals surface area contributed by atoms with Crippen molar-refractivity contribution < 1.29 is 31.5 Å². The molecule has 2 aliphatic heterocycles. The van der Waals surface area contributed by atoms with E-state index in [1.165, 1.54) is 31.2 Å². The Morgan fingerprint density at radius 2 is 1.84 bits per heavy atom. The van der Waals surface area contributed by atoms with Crippen molar-refractivity contribution in [3.63, 3.8) is 0 Å². The van der Waals surface area contributed by atoms with Crippen LogP contribution in [-0.2, 0) is 24.1 Å². The third kappa shape index (κ3) is 3.54. The lowest BCUT2D eigenvalue weighted by atomic mass is 9.75. The van der Waals surface area contributed by atoms with E-state index in [-0.39, 0.29) is 54.5 Å². The van der Waals surface area contributed by atoms with Gasteiger partial charge in [-0.25, -0.2) is 17.2 Å². The average Bonchev–Trinajstić information content (AvgIpc) is 2.74. The van der Waals surface area contributed by atoms with Gasteiger partial charge >= 0.3 is 0 Å². The molecule has 0 aromatic heterocycles. The van der Waals surface area contributed by atoms with Crippen LogP contribution in [0.3, 0.4) is 0 Å². The first-order valence-electron chi connectivity index (χ1n) is 9.91. The van der Waals surface area contributed by atoms with Gasteiger partial charge in [-0.3, -0.25) is 0 Å². The molecule has 0 N–H and O–H groups in total.